The third kappa shape index (κ3) is 2.85. The summed E-state index contributed by atoms with van der Waals surface area (Å²) >= 11 is 0. The van der Waals surface area contributed by atoms with Gasteiger partial charge in [0.25, 0.3) is 5.91 Å². The summed E-state index contributed by atoms with van der Waals surface area (Å²) in [5, 5.41) is 40.5. The lowest BCUT2D eigenvalue weighted by molar-refractivity contribution is -0.113. The van der Waals surface area contributed by atoms with Crippen LogP contribution in [0.5, 0.6) is 0 Å². The summed E-state index contributed by atoms with van der Waals surface area (Å²) in [5.74, 6) is 0.108. The molecule has 20 heavy (non-hydrogen) atoms. The van der Waals surface area contributed by atoms with Crippen molar-refractivity contribution in [1.82, 2.24) is 10.6 Å². The van der Waals surface area contributed by atoms with Crippen molar-refractivity contribution in [3.05, 3.63) is 0 Å². The fourth-order valence-electron chi connectivity index (χ4n) is 1.58. The molecule has 1 amide bonds. The van der Waals surface area contributed by atoms with Crippen molar-refractivity contribution in [2.24, 2.45) is 5.16 Å². The van der Waals surface area contributed by atoms with Crippen LogP contribution in [-0.2, 0) is 9.53 Å². The highest BCUT2D eigenvalue weighted by molar-refractivity contribution is 6.28. The molecule has 1 rings (SSSR count). The number of rotatable bonds is 3. The van der Waals surface area contributed by atoms with E-state index in [1.165, 1.54) is 0 Å². The van der Waals surface area contributed by atoms with Crippen molar-refractivity contribution in [3.63, 3.8) is 0 Å². The zero-order valence-electron chi connectivity index (χ0n) is 10.1. The topological polar surface area (TPSA) is 147 Å². The molecule has 0 aromatic rings. The third-order valence-electron chi connectivity index (χ3n) is 2.62. The van der Waals surface area contributed by atoms with Gasteiger partial charge in [-0.05, 0) is 0 Å². The number of alkyl halides is 1. The Morgan fingerprint density at radius 2 is 2.35 bits per heavy atom. The smallest absolute Gasteiger partial charge is 0.268 e. The first-order valence-electron chi connectivity index (χ1n) is 5.34. The molecule has 1 aliphatic rings. The van der Waals surface area contributed by atoms with Crippen molar-refractivity contribution < 1.29 is 29.3 Å². The SMILES string of the molecule is C#C[C@]1(F)[C@H](N/C(=N/O)NC(=O)C=N)O[C@H](CO)[C@H]1O. The summed E-state index contributed by atoms with van der Waals surface area (Å²) in [7, 11) is 0. The first kappa shape index (κ1) is 15.8. The molecular formula is C10H13FN4O5. The molecule has 0 bridgehead atoms. The Morgan fingerprint density at radius 3 is 2.80 bits per heavy atom. The molecule has 0 radical (unpaired) electrons. The number of ether oxygens (including phenoxy) is 1. The standard InChI is InChI=1S/C10H13FN4O5/c1-2-10(11)7(18)5(4-16)20-8(10)14-9(15-19)13-6(17)3-12/h1,3,5,7-8,12,16,18-19H,4H2,(H2,13,14,15,17)/t5-,7-,8-,10-/m1/s1. The first-order valence-corrected chi connectivity index (χ1v) is 5.34. The third-order valence-corrected chi connectivity index (χ3v) is 2.62. The van der Waals surface area contributed by atoms with Crippen LogP contribution in [0.2, 0.25) is 0 Å². The summed E-state index contributed by atoms with van der Waals surface area (Å²) in [6.07, 6.45) is 0.618. The van der Waals surface area contributed by atoms with Gasteiger partial charge in [-0.2, -0.15) is 0 Å². The molecule has 4 atom stereocenters. The molecule has 0 aromatic carbocycles. The van der Waals surface area contributed by atoms with Gasteiger partial charge in [-0.25, -0.2) is 4.39 Å². The lowest BCUT2D eigenvalue weighted by atomic mass is 9.97. The maximum atomic E-state index is 14.4. The highest BCUT2D eigenvalue weighted by Gasteiger charge is 2.56. The van der Waals surface area contributed by atoms with E-state index in [2.05, 4.69) is 10.5 Å². The Balaban J connectivity index is 2.87. The van der Waals surface area contributed by atoms with Crippen LogP contribution in [0, 0.1) is 17.8 Å². The number of guanidine groups is 1. The van der Waals surface area contributed by atoms with Crippen LogP contribution in [0.15, 0.2) is 5.16 Å². The fourth-order valence-corrected chi connectivity index (χ4v) is 1.58. The molecule has 0 aromatic heterocycles. The van der Waals surface area contributed by atoms with E-state index in [1.807, 2.05) is 5.32 Å². The molecule has 0 unspecified atom stereocenters. The molecule has 1 aliphatic heterocycles. The zero-order chi connectivity index (χ0) is 15.3. The second-order valence-electron chi connectivity index (χ2n) is 3.82. The molecule has 1 saturated heterocycles. The number of amides is 1. The quantitative estimate of drug-likeness (QED) is 0.111. The molecule has 10 heteroatoms. The summed E-state index contributed by atoms with van der Waals surface area (Å²) in [4.78, 5) is 10.9. The molecule has 0 spiro atoms. The van der Waals surface area contributed by atoms with Gasteiger partial charge in [-0.1, -0.05) is 11.1 Å². The van der Waals surface area contributed by atoms with E-state index >= 15 is 0 Å². The number of carbonyl (C=O) groups is 1. The number of hydrogen-bond acceptors (Lipinski definition) is 7. The average Bonchev–Trinajstić information content (AvgIpc) is 2.71. The summed E-state index contributed by atoms with van der Waals surface area (Å²) in [6, 6.07) is 0. The number of terminal acetylenes is 1. The average molecular weight is 288 g/mol. The van der Waals surface area contributed by atoms with E-state index in [4.69, 9.17) is 26.9 Å². The van der Waals surface area contributed by atoms with Crippen LogP contribution in [0.4, 0.5) is 4.39 Å². The maximum Gasteiger partial charge on any atom is 0.268 e. The van der Waals surface area contributed by atoms with Gasteiger partial charge in [0.1, 0.15) is 12.2 Å². The molecule has 1 fully saturated rings. The maximum absolute atomic E-state index is 14.4. The highest BCUT2D eigenvalue weighted by atomic mass is 19.1. The van der Waals surface area contributed by atoms with Crippen LogP contribution in [-0.4, -0.2) is 64.2 Å². The van der Waals surface area contributed by atoms with Crippen LogP contribution < -0.4 is 10.6 Å². The van der Waals surface area contributed by atoms with E-state index in [0.29, 0.717) is 6.21 Å². The molecule has 110 valence electrons. The Labute approximate surface area is 112 Å². The van der Waals surface area contributed by atoms with E-state index in [-0.39, 0.29) is 0 Å². The van der Waals surface area contributed by atoms with E-state index in [0.717, 1.165) is 0 Å². The number of nitrogens with zero attached hydrogens (tertiary/aromatic N) is 1. The molecule has 9 nitrogen and oxygen atoms in total. The van der Waals surface area contributed by atoms with Crippen LogP contribution in [0.1, 0.15) is 0 Å². The van der Waals surface area contributed by atoms with Gasteiger partial charge in [0.15, 0.2) is 6.23 Å². The largest absolute Gasteiger partial charge is 0.408 e. The number of aliphatic hydroxyl groups is 2. The lowest BCUT2D eigenvalue weighted by Crippen LogP contribution is -2.55. The van der Waals surface area contributed by atoms with Gasteiger partial charge in [-0.15, -0.1) is 6.42 Å². The van der Waals surface area contributed by atoms with Gasteiger partial charge in [0, 0.05) is 0 Å². The van der Waals surface area contributed by atoms with Crippen molar-refractivity contribution in [3.8, 4) is 12.3 Å². The molecule has 0 aliphatic carbocycles. The number of oxime groups is 1. The number of nitrogens with one attached hydrogen (secondary N) is 3. The monoisotopic (exact) mass is 288 g/mol. The van der Waals surface area contributed by atoms with Gasteiger partial charge < -0.3 is 30.9 Å². The van der Waals surface area contributed by atoms with E-state index < -0.39 is 42.6 Å². The Morgan fingerprint density at radius 1 is 1.70 bits per heavy atom. The van der Waals surface area contributed by atoms with Crippen LogP contribution in [0.25, 0.3) is 0 Å². The second kappa shape index (κ2) is 6.29. The number of halogens is 1. The Hall–Kier alpha value is -2.22. The van der Waals surface area contributed by atoms with Gasteiger partial charge in [0.2, 0.25) is 11.6 Å². The molecule has 0 saturated carbocycles. The predicted octanol–water partition coefficient (Wildman–Crippen LogP) is -2.49. The van der Waals surface area contributed by atoms with Gasteiger partial charge >= 0.3 is 0 Å². The van der Waals surface area contributed by atoms with Gasteiger partial charge in [0.05, 0.1) is 12.8 Å². The molecule has 1 heterocycles. The number of aliphatic hydroxyl groups excluding tert-OH is 2. The first-order chi connectivity index (χ1) is 9.42. The highest BCUT2D eigenvalue weighted by Crippen LogP contribution is 2.32. The van der Waals surface area contributed by atoms with Crippen molar-refractivity contribution in [1.29, 1.82) is 5.41 Å². The van der Waals surface area contributed by atoms with Crippen molar-refractivity contribution >= 4 is 18.1 Å². The normalized spacial score (nSPS) is 33.3. The summed E-state index contributed by atoms with van der Waals surface area (Å²) in [6.45, 7) is -0.689. The van der Waals surface area contributed by atoms with Crippen LogP contribution in [0.3, 0.4) is 0 Å². The summed E-state index contributed by atoms with van der Waals surface area (Å²) < 4.78 is 19.3. The summed E-state index contributed by atoms with van der Waals surface area (Å²) in [5.41, 5.74) is -2.71. The van der Waals surface area contributed by atoms with Gasteiger partial charge in [-0.3, -0.25) is 10.1 Å². The molecular weight excluding hydrogens is 275 g/mol. The second-order valence-corrected chi connectivity index (χ2v) is 3.82. The van der Waals surface area contributed by atoms with Crippen molar-refractivity contribution in [2.45, 2.75) is 24.1 Å². The Bertz CT molecular complexity index is 465. The zero-order valence-corrected chi connectivity index (χ0v) is 10.1. The number of hydrogen-bond donors (Lipinski definition) is 6. The minimum Gasteiger partial charge on any atom is -0.408 e. The van der Waals surface area contributed by atoms with Crippen LogP contribution >= 0.6 is 0 Å². The fraction of sp³-hybridized carbons (Fsp3) is 0.500. The minimum atomic E-state index is -2.71. The molecule has 6 N–H and O–H groups in total. The van der Waals surface area contributed by atoms with Crippen molar-refractivity contribution in [2.75, 3.05) is 6.61 Å². The lowest BCUT2D eigenvalue weighted by Gasteiger charge is -2.24. The predicted molar refractivity (Wildman–Crippen MR) is 63.7 cm³/mol. The minimum absolute atomic E-state index is 0.387. The van der Waals surface area contributed by atoms with E-state index in [1.54, 1.807) is 5.92 Å². The number of carbonyl (C=O) groups excluding carboxylic acids is 1. The Kier molecular flexibility index (Phi) is 4.98. The van der Waals surface area contributed by atoms with E-state index in [9.17, 15) is 14.3 Å².